The molecular weight excluding hydrogens is 426 g/mol. The smallest absolute Gasteiger partial charge is 0.370 e. The van der Waals surface area contributed by atoms with Gasteiger partial charge in [-0.2, -0.15) is 5.10 Å². The second-order valence-corrected chi connectivity index (χ2v) is 7.33. The van der Waals surface area contributed by atoms with E-state index < -0.39 is 54.6 Å². The van der Waals surface area contributed by atoms with Gasteiger partial charge in [0, 0.05) is 18.7 Å². The maximum atomic E-state index is 11.9. The number of aliphatic hydroxyl groups excluding tert-OH is 4. The molecule has 12 heteroatoms. The number of carboxylic acids is 1. The summed E-state index contributed by atoms with van der Waals surface area (Å²) < 4.78 is 12.1. The van der Waals surface area contributed by atoms with Crippen molar-refractivity contribution in [2.45, 2.75) is 43.9 Å². The SMILES string of the molecule is COc1ccc(CO)c2nn([C@H]3C=C(C(=O)O)O[C@@H]([C@H](O)[C@H](O)CO)[C@@H]3NC(C)=O)cc12. The van der Waals surface area contributed by atoms with Crippen molar-refractivity contribution < 1.29 is 44.6 Å². The zero-order valence-electron chi connectivity index (χ0n) is 17.4. The lowest BCUT2D eigenvalue weighted by Gasteiger charge is -2.39. The average Bonchev–Trinajstić information content (AvgIpc) is 3.22. The molecule has 1 aromatic carbocycles. The monoisotopic (exact) mass is 451 g/mol. The van der Waals surface area contributed by atoms with Crippen molar-refractivity contribution in [3.8, 4) is 5.75 Å². The van der Waals surface area contributed by atoms with E-state index in [1.54, 1.807) is 18.3 Å². The number of benzene rings is 1. The van der Waals surface area contributed by atoms with Crippen molar-refractivity contribution in [2.24, 2.45) is 0 Å². The quantitative estimate of drug-likeness (QED) is 0.281. The van der Waals surface area contributed by atoms with Crippen molar-refractivity contribution >= 4 is 22.8 Å². The van der Waals surface area contributed by atoms with Crippen LogP contribution in [0.15, 0.2) is 30.2 Å². The van der Waals surface area contributed by atoms with E-state index in [1.165, 1.54) is 24.8 Å². The summed E-state index contributed by atoms with van der Waals surface area (Å²) in [6.07, 6.45) is -2.03. The lowest BCUT2D eigenvalue weighted by molar-refractivity contribution is -0.147. The second kappa shape index (κ2) is 9.53. The minimum Gasteiger partial charge on any atom is -0.496 e. The second-order valence-electron chi connectivity index (χ2n) is 7.33. The third kappa shape index (κ3) is 4.39. The lowest BCUT2D eigenvalue weighted by Crippen LogP contribution is -2.58. The van der Waals surface area contributed by atoms with Gasteiger partial charge in [0.1, 0.15) is 29.6 Å². The van der Waals surface area contributed by atoms with E-state index in [0.717, 1.165) is 0 Å². The Morgan fingerprint density at radius 2 is 2.03 bits per heavy atom. The Hall–Kier alpha value is -3.19. The summed E-state index contributed by atoms with van der Waals surface area (Å²) in [4.78, 5) is 23.6. The van der Waals surface area contributed by atoms with Crippen LogP contribution in [0.2, 0.25) is 0 Å². The molecule has 0 radical (unpaired) electrons. The number of rotatable bonds is 8. The number of carboxylic acid groups (broad SMARTS) is 1. The number of hydrogen-bond acceptors (Lipinski definition) is 9. The molecule has 12 nitrogen and oxygen atoms in total. The normalized spacial score (nSPS) is 22.6. The summed E-state index contributed by atoms with van der Waals surface area (Å²) in [6, 6.07) is 1.26. The van der Waals surface area contributed by atoms with E-state index >= 15 is 0 Å². The van der Waals surface area contributed by atoms with Crippen LogP contribution in [-0.2, 0) is 20.9 Å². The number of aliphatic hydroxyl groups is 4. The average molecular weight is 451 g/mol. The van der Waals surface area contributed by atoms with Crippen LogP contribution < -0.4 is 10.1 Å². The fourth-order valence-electron chi connectivity index (χ4n) is 3.70. The van der Waals surface area contributed by atoms with Gasteiger partial charge in [0.15, 0.2) is 0 Å². The summed E-state index contributed by atoms with van der Waals surface area (Å²) in [5.41, 5.74) is 0.898. The van der Waals surface area contributed by atoms with E-state index in [-0.39, 0.29) is 6.61 Å². The molecule has 1 amide bonds. The lowest BCUT2D eigenvalue weighted by atomic mass is 9.92. The molecule has 0 aliphatic carbocycles. The number of nitrogens with one attached hydrogen (secondary N) is 1. The number of hydrogen-bond donors (Lipinski definition) is 6. The van der Waals surface area contributed by atoms with Crippen LogP contribution in [0.5, 0.6) is 5.75 Å². The van der Waals surface area contributed by atoms with Gasteiger partial charge in [-0.05, 0) is 12.1 Å². The molecule has 6 N–H and O–H groups in total. The maximum Gasteiger partial charge on any atom is 0.370 e. The third-order valence-electron chi connectivity index (χ3n) is 5.24. The summed E-state index contributed by atoms with van der Waals surface area (Å²) in [5.74, 6) is -2.00. The van der Waals surface area contributed by atoms with Gasteiger partial charge >= 0.3 is 5.97 Å². The third-order valence-corrected chi connectivity index (χ3v) is 5.24. The minimum atomic E-state index is -1.73. The molecule has 2 heterocycles. The number of methoxy groups -OCH3 is 1. The van der Waals surface area contributed by atoms with E-state index in [1.807, 2.05) is 0 Å². The van der Waals surface area contributed by atoms with Gasteiger partial charge in [-0.1, -0.05) is 6.07 Å². The molecule has 1 aliphatic rings. The van der Waals surface area contributed by atoms with Gasteiger partial charge < -0.3 is 40.3 Å². The van der Waals surface area contributed by atoms with Gasteiger partial charge in [0.25, 0.3) is 0 Å². The first-order valence-corrected chi connectivity index (χ1v) is 9.73. The van der Waals surface area contributed by atoms with Crippen LogP contribution in [0.1, 0.15) is 18.5 Å². The molecule has 1 aliphatic heterocycles. The number of nitrogens with zero attached hydrogens (tertiary/aromatic N) is 2. The molecule has 3 rings (SSSR count). The van der Waals surface area contributed by atoms with Crippen molar-refractivity contribution in [3.05, 3.63) is 35.7 Å². The molecule has 0 fully saturated rings. The summed E-state index contributed by atoms with van der Waals surface area (Å²) in [7, 11) is 1.46. The van der Waals surface area contributed by atoms with Crippen LogP contribution in [0.25, 0.3) is 10.9 Å². The van der Waals surface area contributed by atoms with Crippen molar-refractivity contribution in [3.63, 3.8) is 0 Å². The van der Waals surface area contributed by atoms with Gasteiger partial charge in [-0.15, -0.1) is 0 Å². The molecule has 1 aromatic heterocycles. The Morgan fingerprint density at radius 3 is 2.59 bits per heavy atom. The van der Waals surface area contributed by atoms with Crippen molar-refractivity contribution in [1.29, 1.82) is 0 Å². The highest BCUT2D eigenvalue weighted by Gasteiger charge is 2.44. The van der Waals surface area contributed by atoms with Crippen molar-refractivity contribution in [1.82, 2.24) is 15.1 Å². The van der Waals surface area contributed by atoms with E-state index in [4.69, 9.17) is 9.47 Å². The molecule has 0 saturated heterocycles. The number of aromatic nitrogens is 2. The molecule has 2 aromatic rings. The highest BCUT2D eigenvalue weighted by atomic mass is 16.5. The molecule has 0 bridgehead atoms. The van der Waals surface area contributed by atoms with Gasteiger partial charge in [-0.25, -0.2) is 4.79 Å². The molecule has 0 spiro atoms. The van der Waals surface area contributed by atoms with E-state index in [9.17, 15) is 35.1 Å². The molecule has 32 heavy (non-hydrogen) atoms. The molecule has 5 atom stereocenters. The first-order valence-electron chi connectivity index (χ1n) is 9.73. The predicted octanol–water partition coefficient (Wildman–Crippen LogP) is -1.34. The topological polar surface area (TPSA) is 184 Å². The number of fused-ring (bicyclic) bond motifs is 1. The highest BCUT2D eigenvalue weighted by molar-refractivity contribution is 5.88. The Kier molecular flexibility index (Phi) is 6.99. The van der Waals surface area contributed by atoms with E-state index in [0.29, 0.717) is 22.2 Å². The Balaban J connectivity index is 2.18. The zero-order valence-corrected chi connectivity index (χ0v) is 17.4. The zero-order chi connectivity index (χ0) is 23.6. The van der Waals surface area contributed by atoms with Crippen LogP contribution in [0, 0.1) is 0 Å². The van der Waals surface area contributed by atoms with Crippen molar-refractivity contribution in [2.75, 3.05) is 13.7 Å². The van der Waals surface area contributed by atoms with Crippen LogP contribution in [0.4, 0.5) is 0 Å². The van der Waals surface area contributed by atoms with E-state index in [2.05, 4.69) is 10.4 Å². The standard InChI is InChI=1S/C20H25N3O9/c1-9(26)21-17-12(5-15(20(29)30)32-19(17)18(28)13(27)8-25)23-6-11-14(31-2)4-3-10(7-24)16(11)22-23/h3-6,12-13,17-19,24-25,27-28H,7-8H2,1-2H3,(H,21,26)(H,29,30)/t12-,13+,17+,18+,19+/m0/s1. The number of ether oxygens (including phenoxy) is 2. The number of aliphatic carboxylic acids is 1. The first kappa shape index (κ1) is 23.5. The molecule has 0 unspecified atom stereocenters. The van der Waals surface area contributed by atoms with Gasteiger partial charge in [-0.3, -0.25) is 9.48 Å². The highest BCUT2D eigenvalue weighted by Crippen LogP contribution is 2.33. The maximum absolute atomic E-state index is 11.9. The van der Waals surface area contributed by atoms with Crippen LogP contribution >= 0.6 is 0 Å². The molecule has 0 saturated carbocycles. The fraction of sp³-hybridized carbons (Fsp3) is 0.450. The summed E-state index contributed by atoms with van der Waals surface area (Å²) in [5, 5.41) is 56.5. The van der Waals surface area contributed by atoms with Gasteiger partial charge in [0.05, 0.1) is 37.8 Å². The summed E-state index contributed by atoms with van der Waals surface area (Å²) in [6.45, 7) is 0.111. The fourth-order valence-corrected chi connectivity index (χ4v) is 3.70. The number of carbonyl (C=O) groups excluding carboxylic acids is 1. The molecular formula is C20H25N3O9. The minimum absolute atomic E-state index is 0.305. The summed E-state index contributed by atoms with van der Waals surface area (Å²) >= 11 is 0. The Bertz CT molecular complexity index is 994. The Labute approximate surface area is 182 Å². The largest absolute Gasteiger partial charge is 0.496 e. The Morgan fingerprint density at radius 1 is 1.31 bits per heavy atom. The predicted molar refractivity (Wildman–Crippen MR) is 109 cm³/mol. The van der Waals surface area contributed by atoms with Gasteiger partial charge in [0.2, 0.25) is 11.7 Å². The number of carbonyl (C=O) groups is 2. The molecule has 174 valence electrons. The van der Waals surface area contributed by atoms with Crippen LogP contribution in [0.3, 0.4) is 0 Å². The van der Waals surface area contributed by atoms with Crippen LogP contribution in [-0.4, -0.2) is 85.3 Å². The number of amides is 1. The first-order chi connectivity index (χ1) is 15.2.